The lowest BCUT2D eigenvalue weighted by Crippen LogP contribution is -2.45. The van der Waals surface area contributed by atoms with Crippen molar-refractivity contribution in [3.63, 3.8) is 0 Å². The zero-order valence-electron chi connectivity index (χ0n) is 13.1. The van der Waals surface area contributed by atoms with Crippen LogP contribution in [0.15, 0.2) is 24.3 Å². The van der Waals surface area contributed by atoms with Crippen LogP contribution in [0.1, 0.15) is 55.7 Å². The van der Waals surface area contributed by atoms with E-state index in [4.69, 9.17) is 0 Å². The summed E-state index contributed by atoms with van der Waals surface area (Å²) in [6.07, 6.45) is 9.62. The monoisotopic (exact) mass is 284 g/mol. The van der Waals surface area contributed by atoms with Crippen LogP contribution in [-0.4, -0.2) is 30.6 Å². The molecule has 1 aromatic rings. The molecule has 0 saturated carbocycles. The number of nitrogens with zero attached hydrogens (tertiary/aromatic N) is 1. The van der Waals surface area contributed by atoms with Gasteiger partial charge in [0.15, 0.2) is 0 Å². The van der Waals surface area contributed by atoms with Crippen LogP contribution < -0.4 is 5.32 Å². The number of hydrogen-bond acceptors (Lipinski definition) is 2. The highest BCUT2D eigenvalue weighted by Crippen LogP contribution is 2.37. The Balaban J connectivity index is 1.51. The summed E-state index contributed by atoms with van der Waals surface area (Å²) in [5.74, 6) is 0.885. The highest BCUT2D eigenvalue weighted by molar-refractivity contribution is 5.32. The van der Waals surface area contributed by atoms with Crippen molar-refractivity contribution in [1.29, 1.82) is 0 Å². The van der Waals surface area contributed by atoms with Gasteiger partial charge in [-0.1, -0.05) is 24.3 Å². The summed E-state index contributed by atoms with van der Waals surface area (Å²) in [7, 11) is 0. The molecule has 1 aliphatic carbocycles. The first-order chi connectivity index (χ1) is 10.4. The molecule has 0 amide bonds. The van der Waals surface area contributed by atoms with Gasteiger partial charge in [0.25, 0.3) is 0 Å². The van der Waals surface area contributed by atoms with Gasteiger partial charge in [0, 0.05) is 18.6 Å². The van der Waals surface area contributed by atoms with E-state index in [1.165, 1.54) is 64.6 Å². The van der Waals surface area contributed by atoms with Crippen molar-refractivity contribution < 1.29 is 0 Å². The van der Waals surface area contributed by atoms with E-state index in [1.54, 1.807) is 11.1 Å². The van der Waals surface area contributed by atoms with Gasteiger partial charge in [0.2, 0.25) is 0 Å². The molecule has 2 heteroatoms. The quantitative estimate of drug-likeness (QED) is 0.894. The van der Waals surface area contributed by atoms with E-state index >= 15 is 0 Å². The fourth-order valence-electron chi connectivity index (χ4n) is 4.87. The van der Waals surface area contributed by atoms with Gasteiger partial charge < -0.3 is 5.32 Å². The summed E-state index contributed by atoms with van der Waals surface area (Å²) in [5.41, 5.74) is 3.23. The lowest BCUT2D eigenvalue weighted by atomic mass is 9.83. The smallest absolute Gasteiger partial charge is 0.0351 e. The predicted molar refractivity (Wildman–Crippen MR) is 87.4 cm³/mol. The Kier molecular flexibility index (Phi) is 4.00. The first-order valence-corrected chi connectivity index (χ1v) is 8.97. The molecule has 21 heavy (non-hydrogen) atoms. The molecule has 3 atom stereocenters. The van der Waals surface area contributed by atoms with Gasteiger partial charge in [-0.25, -0.2) is 0 Å². The Morgan fingerprint density at radius 3 is 2.86 bits per heavy atom. The molecule has 3 aliphatic rings. The van der Waals surface area contributed by atoms with E-state index in [-0.39, 0.29) is 0 Å². The molecule has 4 rings (SSSR count). The number of likely N-dealkylation sites (tertiary alicyclic amines) is 1. The molecule has 0 radical (unpaired) electrons. The number of hydrogen-bond donors (Lipinski definition) is 1. The average molecular weight is 284 g/mol. The van der Waals surface area contributed by atoms with E-state index in [2.05, 4.69) is 34.5 Å². The molecular formula is C19H28N2. The third-order valence-corrected chi connectivity index (χ3v) is 5.94. The third-order valence-electron chi connectivity index (χ3n) is 5.94. The molecule has 1 N–H and O–H groups in total. The van der Waals surface area contributed by atoms with E-state index in [0.717, 1.165) is 12.0 Å². The Labute approximate surface area is 128 Å². The van der Waals surface area contributed by atoms with E-state index in [1.807, 2.05) is 0 Å². The first-order valence-electron chi connectivity index (χ1n) is 8.97. The van der Waals surface area contributed by atoms with Crippen LogP contribution >= 0.6 is 0 Å². The van der Waals surface area contributed by atoms with Crippen molar-refractivity contribution in [1.82, 2.24) is 10.2 Å². The minimum absolute atomic E-state index is 0.694. The molecule has 0 bridgehead atoms. The maximum absolute atomic E-state index is 3.74. The second kappa shape index (κ2) is 6.10. The lowest BCUT2D eigenvalue weighted by molar-refractivity contribution is 0.0974. The fourth-order valence-corrected chi connectivity index (χ4v) is 4.87. The Morgan fingerprint density at radius 2 is 1.95 bits per heavy atom. The maximum atomic E-state index is 3.74. The van der Waals surface area contributed by atoms with Crippen molar-refractivity contribution in [3.05, 3.63) is 35.4 Å². The molecule has 1 aromatic carbocycles. The SMILES string of the molecule is c1ccc2c(c1)CCCC2N1CCCC(C2CCCN2)C1. The summed E-state index contributed by atoms with van der Waals surface area (Å²) in [5, 5.41) is 3.74. The van der Waals surface area contributed by atoms with Crippen LogP contribution in [0.4, 0.5) is 0 Å². The summed E-state index contributed by atoms with van der Waals surface area (Å²) in [6, 6.07) is 10.7. The van der Waals surface area contributed by atoms with Gasteiger partial charge in [-0.2, -0.15) is 0 Å². The maximum Gasteiger partial charge on any atom is 0.0351 e. The standard InChI is InChI=1S/C19H28N2/c1-2-9-17-15(6-1)7-3-11-19(17)21-13-5-8-16(14-21)18-10-4-12-20-18/h1-2,6,9,16,18-20H,3-5,7-8,10-14H2. The van der Waals surface area contributed by atoms with Crippen molar-refractivity contribution in [3.8, 4) is 0 Å². The summed E-state index contributed by atoms with van der Waals surface area (Å²) >= 11 is 0. The van der Waals surface area contributed by atoms with Gasteiger partial charge >= 0.3 is 0 Å². The number of piperidine rings is 1. The van der Waals surface area contributed by atoms with Crippen molar-refractivity contribution in [2.75, 3.05) is 19.6 Å². The summed E-state index contributed by atoms with van der Waals surface area (Å²) in [6.45, 7) is 3.87. The van der Waals surface area contributed by atoms with Crippen LogP contribution in [0.2, 0.25) is 0 Å². The molecule has 0 spiro atoms. The Bertz CT molecular complexity index is 478. The van der Waals surface area contributed by atoms with Crippen LogP contribution in [-0.2, 0) is 6.42 Å². The van der Waals surface area contributed by atoms with Crippen LogP contribution in [0.3, 0.4) is 0 Å². The van der Waals surface area contributed by atoms with Crippen molar-refractivity contribution in [2.24, 2.45) is 5.92 Å². The number of nitrogens with one attached hydrogen (secondary N) is 1. The lowest BCUT2D eigenvalue weighted by Gasteiger charge is -2.42. The molecule has 2 fully saturated rings. The summed E-state index contributed by atoms with van der Waals surface area (Å²) in [4.78, 5) is 2.81. The molecule has 3 unspecified atom stereocenters. The minimum atomic E-state index is 0.694. The van der Waals surface area contributed by atoms with E-state index in [9.17, 15) is 0 Å². The highest BCUT2D eigenvalue weighted by atomic mass is 15.2. The zero-order chi connectivity index (χ0) is 14.1. The van der Waals surface area contributed by atoms with Gasteiger partial charge in [0.1, 0.15) is 0 Å². The number of rotatable bonds is 2. The average Bonchev–Trinajstić information content (AvgIpc) is 3.09. The number of aryl methyl sites for hydroxylation is 1. The van der Waals surface area contributed by atoms with Gasteiger partial charge in [-0.3, -0.25) is 4.90 Å². The topological polar surface area (TPSA) is 15.3 Å². The van der Waals surface area contributed by atoms with Crippen molar-refractivity contribution in [2.45, 2.75) is 57.0 Å². The molecule has 114 valence electrons. The molecule has 2 saturated heterocycles. The normalized spacial score (nSPS) is 33.8. The first kappa shape index (κ1) is 13.8. The predicted octanol–water partition coefficient (Wildman–Crippen LogP) is 3.53. The largest absolute Gasteiger partial charge is 0.314 e. The van der Waals surface area contributed by atoms with Gasteiger partial charge in [-0.05, 0) is 75.1 Å². The highest BCUT2D eigenvalue weighted by Gasteiger charge is 2.33. The molecule has 0 aromatic heterocycles. The number of fused-ring (bicyclic) bond motifs is 1. The van der Waals surface area contributed by atoms with Gasteiger partial charge in [-0.15, -0.1) is 0 Å². The Morgan fingerprint density at radius 1 is 1.00 bits per heavy atom. The molecular weight excluding hydrogens is 256 g/mol. The van der Waals surface area contributed by atoms with E-state index in [0.29, 0.717) is 6.04 Å². The van der Waals surface area contributed by atoms with Gasteiger partial charge in [0.05, 0.1) is 0 Å². The number of benzene rings is 1. The van der Waals surface area contributed by atoms with Crippen LogP contribution in [0.25, 0.3) is 0 Å². The molecule has 2 aliphatic heterocycles. The summed E-state index contributed by atoms with van der Waals surface area (Å²) < 4.78 is 0. The molecule has 2 nitrogen and oxygen atoms in total. The van der Waals surface area contributed by atoms with Crippen LogP contribution in [0, 0.1) is 5.92 Å². The zero-order valence-corrected chi connectivity index (χ0v) is 13.1. The van der Waals surface area contributed by atoms with Crippen molar-refractivity contribution >= 4 is 0 Å². The minimum Gasteiger partial charge on any atom is -0.314 e. The second-order valence-electron chi connectivity index (χ2n) is 7.21. The van der Waals surface area contributed by atoms with Crippen LogP contribution in [0.5, 0.6) is 0 Å². The fraction of sp³-hybridized carbons (Fsp3) is 0.684. The van der Waals surface area contributed by atoms with E-state index < -0.39 is 0 Å². The molecule has 2 heterocycles. The third kappa shape index (κ3) is 2.76. The Hall–Kier alpha value is -0.860. The second-order valence-corrected chi connectivity index (χ2v) is 7.21.